The van der Waals surface area contributed by atoms with Gasteiger partial charge in [-0.3, -0.25) is 18.6 Å². The molecule has 0 bridgehead atoms. The van der Waals surface area contributed by atoms with Crippen LogP contribution in [0.2, 0.25) is 0 Å². The summed E-state index contributed by atoms with van der Waals surface area (Å²) in [6, 6.07) is 0. The second-order valence-corrected chi connectivity index (χ2v) is 17.8. The fourth-order valence-corrected chi connectivity index (χ4v) is 6.29. The molecule has 0 aromatic heterocycles. The van der Waals surface area contributed by atoms with Crippen molar-refractivity contribution >= 4 is 19.8 Å². The van der Waals surface area contributed by atoms with Gasteiger partial charge in [0.2, 0.25) is 0 Å². The Kier molecular flexibility index (Phi) is 38.5. The van der Waals surface area contributed by atoms with Gasteiger partial charge < -0.3 is 29.1 Å². The molecule has 0 rings (SSSR count). The highest BCUT2D eigenvalue weighted by Crippen LogP contribution is 2.43. The van der Waals surface area contributed by atoms with E-state index in [4.69, 9.17) is 18.5 Å². The SMILES string of the molecule is CC/C=C\C/C=C\C/C=C\C/C=C\C/C=C\CCCCCC(=O)O[C@H](COC(=O)CCCC(O)C(O)C/C=C\C/C=C\C/C=C\CCCCC)COP(=O)(O)OCC[N+](C)(C)C. The number of carbonyl (C=O) groups excluding carboxylic acids is 2. The first-order chi connectivity index (χ1) is 29.8. The van der Waals surface area contributed by atoms with Crippen molar-refractivity contribution < 1.29 is 52.3 Å². The van der Waals surface area contributed by atoms with E-state index in [1.165, 1.54) is 19.3 Å². The maximum Gasteiger partial charge on any atom is 0.472 e. The van der Waals surface area contributed by atoms with Crippen LogP contribution in [0.15, 0.2) is 97.2 Å². The van der Waals surface area contributed by atoms with Crippen molar-refractivity contribution in [3.63, 3.8) is 0 Å². The second-order valence-electron chi connectivity index (χ2n) is 16.4. The quantitative estimate of drug-likeness (QED) is 0.0178. The molecule has 0 fully saturated rings. The normalized spacial score (nSPS) is 15.4. The van der Waals surface area contributed by atoms with E-state index in [1.54, 1.807) is 0 Å². The van der Waals surface area contributed by atoms with Crippen LogP contribution in [0.25, 0.3) is 0 Å². The van der Waals surface area contributed by atoms with E-state index in [0.717, 1.165) is 70.6 Å². The molecule has 62 heavy (non-hydrogen) atoms. The molecule has 0 aromatic carbocycles. The standard InChI is InChI=1S/C50H84NO10P/c1-6-8-10-12-14-16-18-20-21-22-23-24-25-26-28-30-32-34-36-40-50(55)61-46(45-60-62(56,57)59-43-42-51(3,4)5)44-58-49(54)41-37-39-48(53)47(52)38-35-33-31-29-27-19-17-15-13-11-9-7-2/h8,10,14-17,20-21,23-24,26-29,33,35,46-48,52-53H,6-7,9,11-13,18-19,22,25,30-32,34,36-45H2,1-5H3/p+1/b10-8-,16-14-,17-15-,21-20-,24-23-,28-26-,29-27-,35-33-/t46-,47?,48?/m1/s1. The van der Waals surface area contributed by atoms with E-state index in [2.05, 4.69) is 98.9 Å². The number of phosphoric ester groups is 1. The van der Waals surface area contributed by atoms with Gasteiger partial charge in [0.15, 0.2) is 6.10 Å². The van der Waals surface area contributed by atoms with Gasteiger partial charge in [0.05, 0.1) is 40.0 Å². The lowest BCUT2D eigenvalue weighted by molar-refractivity contribution is -0.870. The lowest BCUT2D eigenvalue weighted by Crippen LogP contribution is -2.37. The van der Waals surface area contributed by atoms with Gasteiger partial charge in [-0.2, -0.15) is 0 Å². The summed E-state index contributed by atoms with van der Waals surface area (Å²) in [5.41, 5.74) is 0. The zero-order chi connectivity index (χ0) is 46.0. The van der Waals surface area contributed by atoms with Gasteiger partial charge in [-0.1, -0.05) is 130 Å². The van der Waals surface area contributed by atoms with Gasteiger partial charge in [0.1, 0.15) is 19.8 Å². The molecule has 0 heterocycles. The summed E-state index contributed by atoms with van der Waals surface area (Å²) in [5.74, 6) is -1.13. The second kappa shape index (κ2) is 40.6. The van der Waals surface area contributed by atoms with Gasteiger partial charge in [-0.25, -0.2) is 4.57 Å². The fraction of sp³-hybridized carbons (Fsp3) is 0.640. The molecule has 0 aliphatic rings. The largest absolute Gasteiger partial charge is 0.472 e. The van der Waals surface area contributed by atoms with Crippen LogP contribution < -0.4 is 0 Å². The molecule has 0 aliphatic carbocycles. The highest BCUT2D eigenvalue weighted by molar-refractivity contribution is 7.47. The van der Waals surface area contributed by atoms with Crippen LogP contribution in [0.5, 0.6) is 0 Å². The summed E-state index contributed by atoms with van der Waals surface area (Å²) in [6.45, 7) is 3.88. The Hall–Kier alpha value is -3.15. The summed E-state index contributed by atoms with van der Waals surface area (Å²) in [6.07, 6.45) is 46.3. The highest BCUT2D eigenvalue weighted by atomic mass is 31.2. The van der Waals surface area contributed by atoms with Crippen LogP contribution >= 0.6 is 7.82 Å². The molecular formula is C50H85NO10P+. The monoisotopic (exact) mass is 891 g/mol. The third-order valence-corrected chi connectivity index (χ3v) is 10.3. The molecule has 0 aliphatic heterocycles. The van der Waals surface area contributed by atoms with Crippen molar-refractivity contribution in [3.05, 3.63) is 97.2 Å². The number of nitrogens with zero attached hydrogens (tertiary/aromatic N) is 1. The number of aliphatic hydroxyl groups excluding tert-OH is 2. The summed E-state index contributed by atoms with van der Waals surface area (Å²) in [5, 5.41) is 20.8. The van der Waals surface area contributed by atoms with Crippen molar-refractivity contribution in [1.82, 2.24) is 0 Å². The van der Waals surface area contributed by atoms with Crippen molar-refractivity contribution in [1.29, 1.82) is 0 Å². The van der Waals surface area contributed by atoms with E-state index in [9.17, 15) is 29.3 Å². The van der Waals surface area contributed by atoms with Gasteiger partial charge in [0.25, 0.3) is 0 Å². The molecule has 11 nitrogen and oxygen atoms in total. The van der Waals surface area contributed by atoms with E-state index < -0.39 is 44.7 Å². The number of unbranched alkanes of at least 4 members (excludes halogenated alkanes) is 6. The predicted molar refractivity (Wildman–Crippen MR) is 254 cm³/mol. The number of esters is 2. The van der Waals surface area contributed by atoms with Crippen molar-refractivity contribution in [3.8, 4) is 0 Å². The van der Waals surface area contributed by atoms with Crippen LogP contribution in [-0.4, -0.2) is 97.3 Å². The Morgan fingerprint density at radius 1 is 0.581 bits per heavy atom. The van der Waals surface area contributed by atoms with E-state index in [0.29, 0.717) is 23.9 Å². The minimum Gasteiger partial charge on any atom is -0.462 e. The lowest BCUT2D eigenvalue weighted by atomic mass is 10.0. The van der Waals surface area contributed by atoms with Gasteiger partial charge in [-0.05, 0) is 96.3 Å². The Bertz CT molecular complexity index is 1410. The number of phosphoric acid groups is 1. The minimum atomic E-state index is -4.46. The molecular weight excluding hydrogens is 806 g/mol. The number of ether oxygens (including phenoxy) is 2. The summed E-state index contributed by atoms with van der Waals surface area (Å²) >= 11 is 0. The van der Waals surface area contributed by atoms with Crippen LogP contribution in [0.4, 0.5) is 0 Å². The first-order valence-electron chi connectivity index (χ1n) is 23.1. The molecule has 0 saturated heterocycles. The maximum atomic E-state index is 12.7. The van der Waals surface area contributed by atoms with Crippen LogP contribution in [0, 0.1) is 0 Å². The third-order valence-electron chi connectivity index (χ3n) is 9.30. The smallest absolute Gasteiger partial charge is 0.462 e. The van der Waals surface area contributed by atoms with E-state index in [-0.39, 0.29) is 38.9 Å². The number of allylic oxidation sites excluding steroid dienone is 15. The zero-order valence-electron chi connectivity index (χ0n) is 39.0. The average molecular weight is 891 g/mol. The zero-order valence-corrected chi connectivity index (χ0v) is 39.9. The number of quaternary nitrogens is 1. The van der Waals surface area contributed by atoms with Crippen LogP contribution in [0.1, 0.15) is 142 Å². The summed E-state index contributed by atoms with van der Waals surface area (Å²) < 4.78 is 34.1. The molecule has 354 valence electrons. The molecule has 0 radical (unpaired) electrons. The molecule has 0 amide bonds. The van der Waals surface area contributed by atoms with Crippen molar-refractivity contribution in [2.45, 2.75) is 161 Å². The first-order valence-corrected chi connectivity index (χ1v) is 24.6. The number of likely N-dealkylation sites (N-methyl/N-ethyl adjacent to an activating group) is 1. The maximum absolute atomic E-state index is 12.7. The van der Waals surface area contributed by atoms with Crippen molar-refractivity contribution in [2.24, 2.45) is 0 Å². The molecule has 4 atom stereocenters. The number of hydrogen-bond donors (Lipinski definition) is 3. The highest BCUT2D eigenvalue weighted by Gasteiger charge is 2.27. The number of carbonyl (C=O) groups is 2. The van der Waals surface area contributed by atoms with Gasteiger partial charge >= 0.3 is 19.8 Å². The lowest BCUT2D eigenvalue weighted by Gasteiger charge is -2.24. The Balaban J connectivity index is 4.65. The molecule has 0 spiro atoms. The average Bonchev–Trinajstić information content (AvgIpc) is 3.22. The van der Waals surface area contributed by atoms with Gasteiger partial charge in [-0.15, -0.1) is 0 Å². The van der Waals surface area contributed by atoms with Gasteiger partial charge in [0, 0.05) is 12.8 Å². The Morgan fingerprint density at radius 2 is 1.08 bits per heavy atom. The Labute approximate surface area is 376 Å². The molecule has 3 N–H and O–H groups in total. The minimum absolute atomic E-state index is 0.0259. The fourth-order valence-electron chi connectivity index (χ4n) is 5.55. The number of aliphatic hydroxyl groups is 2. The summed E-state index contributed by atoms with van der Waals surface area (Å²) in [4.78, 5) is 35.5. The Morgan fingerprint density at radius 3 is 1.61 bits per heavy atom. The molecule has 3 unspecified atom stereocenters. The summed E-state index contributed by atoms with van der Waals surface area (Å²) in [7, 11) is 1.28. The number of hydrogen-bond acceptors (Lipinski definition) is 9. The van der Waals surface area contributed by atoms with Crippen LogP contribution in [0.3, 0.4) is 0 Å². The topological polar surface area (TPSA) is 149 Å². The first kappa shape index (κ1) is 58.9. The molecule has 12 heteroatoms. The number of rotatable bonds is 40. The third kappa shape index (κ3) is 42.2. The van der Waals surface area contributed by atoms with Crippen LogP contribution in [-0.2, 0) is 32.7 Å². The molecule has 0 saturated carbocycles. The van der Waals surface area contributed by atoms with E-state index >= 15 is 0 Å². The predicted octanol–water partition coefficient (Wildman–Crippen LogP) is 11.3. The molecule has 0 aromatic rings. The van der Waals surface area contributed by atoms with Crippen molar-refractivity contribution in [2.75, 3.05) is 47.5 Å². The van der Waals surface area contributed by atoms with E-state index in [1.807, 2.05) is 33.3 Å².